The molecule has 1 aliphatic heterocycles. The minimum absolute atomic E-state index is 0.118. The number of hydrogen-bond donors (Lipinski definition) is 0. The van der Waals surface area contributed by atoms with Crippen molar-refractivity contribution in [3.8, 4) is 0 Å². The highest BCUT2D eigenvalue weighted by Crippen LogP contribution is 2.50. The first-order valence-corrected chi connectivity index (χ1v) is 14.8. The Morgan fingerprint density at radius 3 is 2.58 bits per heavy atom. The second-order valence-corrected chi connectivity index (χ2v) is 11.5. The minimum atomic E-state index is -0.118. The molecular formula is C34H37ClN5+. The second-order valence-electron chi connectivity index (χ2n) is 11.1. The number of aromatic nitrogens is 4. The van der Waals surface area contributed by atoms with E-state index in [0.29, 0.717) is 5.02 Å². The molecule has 0 aliphatic carbocycles. The molecule has 5 aromatic rings. The van der Waals surface area contributed by atoms with Gasteiger partial charge >= 0.3 is 5.65 Å². The summed E-state index contributed by atoms with van der Waals surface area (Å²) in [5.41, 5.74) is 7.43. The Kier molecular flexibility index (Phi) is 6.87. The maximum atomic E-state index is 6.27. The lowest BCUT2D eigenvalue weighted by atomic mass is 9.81. The number of unbranched alkanes of at least 4 members (excludes halogenated alkanes) is 1. The maximum Gasteiger partial charge on any atom is 0.323 e. The number of fused-ring (bicyclic) bond motifs is 5. The largest absolute Gasteiger partial charge is 0.344 e. The summed E-state index contributed by atoms with van der Waals surface area (Å²) < 4.78 is 4.50. The van der Waals surface area contributed by atoms with E-state index in [-0.39, 0.29) is 5.41 Å². The Hall–Kier alpha value is -3.70. The van der Waals surface area contributed by atoms with Gasteiger partial charge in [0, 0.05) is 34.4 Å². The van der Waals surface area contributed by atoms with Crippen LogP contribution in [0.3, 0.4) is 0 Å². The van der Waals surface area contributed by atoms with Crippen molar-refractivity contribution in [1.82, 2.24) is 14.5 Å². The first-order valence-electron chi connectivity index (χ1n) is 14.5. The maximum absolute atomic E-state index is 6.27. The van der Waals surface area contributed by atoms with Crippen LogP contribution in [-0.4, -0.2) is 21.1 Å². The van der Waals surface area contributed by atoms with Gasteiger partial charge in [-0.1, -0.05) is 80.2 Å². The number of allylic oxidation sites excluding steroid dienone is 3. The van der Waals surface area contributed by atoms with E-state index >= 15 is 0 Å². The number of anilines is 1. The molecule has 5 nitrogen and oxygen atoms in total. The van der Waals surface area contributed by atoms with E-state index in [9.17, 15) is 0 Å². The highest BCUT2D eigenvalue weighted by atomic mass is 35.5. The molecule has 0 N–H and O–H groups in total. The van der Waals surface area contributed by atoms with Crippen LogP contribution in [-0.2, 0) is 18.5 Å². The van der Waals surface area contributed by atoms with Gasteiger partial charge in [-0.25, -0.2) is 14.1 Å². The van der Waals surface area contributed by atoms with Gasteiger partial charge in [-0.05, 0) is 66.9 Å². The minimum Gasteiger partial charge on any atom is -0.344 e. The van der Waals surface area contributed by atoms with Crippen LogP contribution < -0.4 is 9.47 Å². The predicted octanol–water partition coefficient (Wildman–Crippen LogP) is 8.21. The van der Waals surface area contributed by atoms with Crippen molar-refractivity contribution in [2.45, 2.75) is 66.0 Å². The van der Waals surface area contributed by atoms with Crippen LogP contribution in [0, 0.1) is 0 Å². The summed E-state index contributed by atoms with van der Waals surface area (Å²) in [5, 5.41) is 3.32. The summed E-state index contributed by atoms with van der Waals surface area (Å²) in [5.74, 6) is 1.09. The lowest BCUT2D eigenvalue weighted by Crippen LogP contribution is -2.35. The molecule has 0 fully saturated rings. The van der Waals surface area contributed by atoms with E-state index in [2.05, 4.69) is 103 Å². The number of imidazole rings is 1. The Balaban J connectivity index is 1.48. The van der Waals surface area contributed by atoms with Crippen molar-refractivity contribution in [2.24, 2.45) is 0 Å². The fraction of sp³-hybridized carbons (Fsp3) is 0.324. The van der Waals surface area contributed by atoms with E-state index in [1.807, 2.05) is 18.2 Å². The molecule has 6 heteroatoms. The van der Waals surface area contributed by atoms with Crippen molar-refractivity contribution >= 4 is 56.5 Å². The lowest BCUT2D eigenvalue weighted by Gasteiger charge is -2.27. The molecule has 6 rings (SSSR count). The van der Waals surface area contributed by atoms with Gasteiger partial charge in [-0.15, -0.1) is 0 Å². The molecule has 0 saturated carbocycles. The van der Waals surface area contributed by atoms with Crippen LogP contribution in [0.2, 0.25) is 5.02 Å². The lowest BCUT2D eigenvalue weighted by molar-refractivity contribution is -0.672. The zero-order valence-electron chi connectivity index (χ0n) is 24.1. The van der Waals surface area contributed by atoms with Gasteiger partial charge < -0.3 is 4.90 Å². The summed E-state index contributed by atoms with van der Waals surface area (Å²) in [4.78, 5) is 12.5. The number of hydrogen-bond acceptors (Lipinski definition) is 3. The number of halogens is 1. The average Bonchev–Trinajstić information content (AvgIpc) is 3.37. The van der Waals surface area contributed by atoms with Crippen molar-refractivity contribution < 1.29 is 4.57 Å². The molecule has 204 valence electrons. The quantitative estimate of drug-likeness (QED) is 0.192. The number of aryl methyl sites for hydroxylation is 2. The summed E-state index contributed by atoms with van der Waals surface area (Å²) >= 11 is 6.27. The second kappa shape index (κ2) is 10.4. The van der Waals surface area contributed by atoms with Gasteiger partial charge in [-0.3, -0.25) is 0 Å². The van der Waals surface area contributed by atoms with Crippen molar-refractivity contribution in [3.05, 3.63) is 88.9 Å². The first kappa shape index (κ1) is 26.5. The molecule has 0 amide bonds. The van der Waals surface area contributed by atoms with Gasteiger partial charge in [0.05, 0.1) is 13.1 Å². The van der Waals surface area contributed by atoms with E-state index < -0.39 is 0 Å². The van der Waals surface area contributed by atoms with E-state index in [0.717, 1.165) is 60.6 Å². The first-order chi connectivity index (χ1) is 19.4. The van der Waals surface area contributed by atoms with Gasteiger partial charge in [0.25, 0.3) is 5.65 Å². The number of benzene rings is 3. The molecule has 3 aromatic carbocycles. The zero-order chi connectivity index (χ0) is 28.0. The van der Waals surface area contributed by atoms with Crippen LogP contribution in [0.5, 0.6) is 0 Å². The normalized spacial score (nSPS) is 15.8. The van der Waals surface area contributed by atoms with Gasteiger partial charge in [-0.2, -0.15) is 0 Å². The highest BCUT2D eigenvalue weighted by Gasteiger charge is 2.40. The molecule has 0 saturated heterocycles. The third-order valence-electron chi connectivity index (χ3n) is 8.28. The fourth-order valence-corrected chi connectivity index (χ4v) is 6.52. The Bertz CT molecular complexity index is 1810. The van der Waals surface area contributed by atoms with Crippen molar-refractivity contribution in [2.75, 3.05) is 11.4 Å². The average molecular weight is 551 g/mol. The smallest absolute Gasteiger partial charge is 0.323 e. The molecule has 2 aromatic heterocycles. The molecule has 1 aliphatic rings. The predicted molar refractivity (Wildman–Crippen MR) is 168 cm³/mol. The number of nitrogens with zero attached hydrogens (tertiary/aromatic N) is 5. The van der Waals surface area contributed by atoms with Crippen molar-refractivity contribution in [3.63, 3.8) is 0 Å². The Morgan fingerprint density at radius 1 is 0.975 bits per heavy atom. The number of rotatable bonds is 7. The summed E-state index contributed by atoms with van der Waals surface area (Å²) in [7, 11) is 0. The third kappa shape index (κ3) is 4.19. The Morgan fingerprint density at radius 2 is 1.80 bits per heavy atom. The van der Waals surface area contributed by atoms with Gasteiger partial charge in [0.2, 0.25) is 5.82 Å². The van der Waals surface area contributed by atoms with Crippen LogP contribution in [0.25, 0.3) is 39.2 Å². The molecule has 0 unspecified atom stereocenters. The molecule has 40 heavy (non-hydrogen) atoms. The third-order valence-corrected chi connectivity index (χ3v) is 8.51. The molecule has 0 atom stereocenters. The van der Waals surface area contributed by atoms with Crippen LogP contribution in [0.15, 0.2) is 72.4 Å². The Labute approximate surface area is 241 Å². The van der Waals surface area contributed by atoms with Crippen molar-refractivity contribution in [1.29, 1.82) is 0 Å². The molecule has 0 bridgehead atoms. The molecule has 0 radical (unpaired) electrons. The van der Waals surface area contributed by atoms with Gasteiger partial charge in [0.1, 0.15) is 5.52 Å². The molecule has 0 spiro atoms. The summed E-state index contributed by atoms with van der Waals surface area (Å²) in [6.07, 6.45) is 9.07. The van der Waals surface area contributed by atoms with Crippen LogP contribution in [0.4, 0.5) is 5.69 Å². The summed E-state index contributed by atoms with van der Waals surface area (Å²) in [6, 6.07) is 19.1. The molecule has 3 heterocycles. The van der Waals surface area contributed by atoms with E-state index in [1.54, 1.807) is 0 Å². The molecular weight excluding hydrogens is 514 g/mol. The summed E-state index contributed by atoms with van der Waals surface area (Å²) in [6.45, 7) is 13.9. The van der Waals surface area contributed by atoms with Gasteiger partial charge in [0.15, 0.2) is 5.52 Å². The van der Waals surface area contributed by atoms with Crippen LogP contribution in [0.1, 0.15) is 58.8 Å². The zero-order valence-corrected chi connectivity index (χ0v) is 24.8. The SMILES string of the molecule is CCCCN1C(=CC=Cc2n(CC)c3nc4cc(Cl)ccc4nc3[n+]2CC)C(C)(C)c2c1ccc1ccccc21. The topological polar surface area (TPSA) is 37.8 Å². The van der Waals surface area contributed by atoms with E-state index in [1.165, 1.54) is 27.7 Å². The van der Waals surface area contributed by atoms with Crippen LogP contribution >= 0.6 is 11.6 Å². The highest BCUT2D eigenvalue weighted by molar-refractivity contribution is 6.31. The monoisotopic (exact) mass is 550 g/mol. The van der Waals surface area contributed by atoms with E-state index in [4.69, 9.17) is 21.6 Å². The fourth-order valence-electron chi connectivity index (χ4n) is 6.36. The standard InChI is InChI=1S/C34H37ClN5/c1-6-9-21-40-28-20-17-23-13-10-11-14-25(23)31(28)34(4,5)29(40)15-12-16-30-38(7-2)32-33(39(30)8-3)37-27-22-24(35)18-19-26(27)36-32/h10-20,22H,6-9,21H2,1-5H3/q+1.